The Kier molecular flexibility index (Phi) is 4.15. The zero-order valence-electron chi connectivity index (χ0n) is 10.2. The maximum absolute atomic E-state index is 12.3. The van der Waals surface area contributed by atoms with Crippen LogP contribution in [0.4, 0.5) is 5.69 Å². The Morgan fingerprint density at radius 3 is 2.61 bits per heavy atom. The van der Waals surface area contributed by atoms with Crippen LogP contribution in [-0.4, -0.2) is 19.0 Å². The molecule has 1 unspecified atom stereocenters. The number of para-hydroxylation sites is 1. The average Bonchev–Trinajstić information content (AvgIpc) is 2.34. The molecular formula is C13H16Cl2N2O. The molecule has 0 aromatic heterocycles. The van der Waals surface area contributed by atoms with Crippen molar-refractivity contribution >= 4 is 34.8 Å². The Bertz CT molecular complexity index is 436. The third-order valence-electron chi connectivity index (χ3n) is 3.35. The van der Waals surface area contributed by atoms with Crippen molar-refractivity contribution in [2.75, 3.05) is 18.4 Å². The van der Waals surface area contributed by atoms with Crippen LogP contribution in [0.25, 0.3) is 0 Å². The number of nitrogens with one attached hydrogen (secondary N) is 2. The van der Waals surface area contributed by atoms with Gasteiger partial charge in [-0.1, -0.05) is 29.3 Å². The van der Waals surface area contributed by atoms with E-state index in [9.17, 15) is 4.79 Å². The molecule has 5 heteroatoms. The first kappa shape index (κ1) is 13.7. The van der Waals surface area contributed by atoms with E-state index >= 15 is 0 Å². The number of carbonyl (C=O) groups is 1. The highest BCUT2D eigenvalue weighted by Crippen LogP contribution is 2.33. The number of piperidine rings is 1. The van der Waals surface area contributed by atoms with E-state index in [0.29, 0.717) is 22.3 Å². The Balaban J connectivity index is 2.16. The smallest absolute Gasteiger partial charge is 0.231 e. The van der Waals surface area contributed by atoms with Crippen LogP contribution in [0.2, 0.25) is 10.0 Å². The van der Waals surface area contributed by atoms with Crippen molar-refractivity contribution in [3.8, 4) is 0 Å². The summed E-state index contributed by atoms with van der Waals surface area (Å²) < 4.78 is 0. The van der Waals surface area contributed by atoms with Gasteiger partial charge in [0.1, 0.15) is 0 Å². The lowest BCUT2D eigenvalue weighted by Crippen LogP contribution is -2.46. The molecule has 1 aromatic rings. The van der Waals surface area contributed by atoms with Gasteiger partial charge in [0.05, 0.1) is 21.1 Å². The second-order valence-electron chi connectivity index (χ2n) is 4.89. The molecule has 0 aliphatic carbocycles. The Hall–Kier alpha value is -0.770. The minimum absolute atomic E-state index is 0.0373. The summed E-state index contributed by atoms with van der Waals surface area (Å²) in [4.78, 5) is 12.3. The SMILES string of the molecule is CC1(C(=O)Nc2c(Cl)cccc2Cl)CCCNC1. The lowest BCUT2D eigenvalue weighted by molar-refractivity contribution is -0.125. The fourth-order valence-corrected chi connectivity index (χ4v) is 2.62. The van der Waals surface area contributed by atoms with Gasteiger partial charge in [0.2, 0.25) is 5.91 Å². The number of rotatable bonds is 2. The molecule has 1 atom stereocenters. The molecule has 1 aliphatic rings. The molecule has 0 radical (unpaired) electrons. The fourth-order valence-electron chi connectivity index (χ4n) is 2.13. The van der Waals surface area contributed by atoms with Gasteiger partial charge in [0, 0.05) is 6.54 Å². The molecule has 98 valence electrons. The van der Waals surface area contributed by atoms with E-state index < -0.39 is 5.41 Å². The van der Waals surface area contributed by atoms with Crippen molar-refractivity contribution in [1.82, 2.24) is 5.32 Å². The third kappa shape index (κ3) is 2.79. The summed E-state index contributed by atoms with van der Waals surface area (Å²) in [6, 6.07) is 5.18. The normalized spacial score (nSPS) is 23.7. The van der Waals surface area contributed by atoms with Gasteiger partial charge in [-0.25, -0.2) is 0 Å². The number of carbonyl (C=O) groups excluding carboxylic acids is 1. The molecule has 1 aromatic carbocycles. The summed E-state index contributed by atoms with van der Waals surface area (Å²) in [5, 5.41) is 7.01. The lowest BCUT2D eigenvalue weighted by atomic mass is 9.82. The Morgan fingerprint density at radius 1 is 1.39 bits per heavy atom. The number of halogens is 2. The number of hydrogen-bond donors (Lipinski definition) is 2. The first-order valence-electron chi connectivity index (χ1n) is 5.99. The summed E-state index contributed by atoms with van der Waals surface area (Å²) in [5.41, 5.74) is 0.0958. The van der Waals surface area contributed by atoms with Crippen molar-refractivity contribution < 1.29 is 4.79 Å². The van der Waals surface area contributed by atoms with E-state index in [1.54, 1.807) is 18.2 Å². The molecular weight excluding hydrogens is 271 g/mol. The van der Waals surface area contributed by atoms with Gasteiger partial charge in [-0.3, -0.25) is 4.79 Å². The highest BCUT2D eigenvalue weighted by Gasteiger charge is 2.35. The van der Waals surface area contributed by atoms with Crippen molar-refractivity contribution in [3.63, 3.8) is 0 Å². The second-order valence-corrected chi connectivity index (χ2v) is 5.71. The number of anilines is 1. The molecule has 1 amide bonds. The highest BCUT2D eigenvalue weighted by molar-refractivity contribution is 6.39. The van der Waals surface area contributed by atoms with Crippen LogP contribution in [0, 0.1) is 5.41 Å². The third-order valence-corrected chi connectivity index (χ3v) is 3.98. The van der Waals surface area contributed by atoms with E-state index in [-0.39, 0.29) is 5.91 Å². The molecule has 18 heavy (non-hydrogen) atoms. The van der Waals surface area contributed by atoms with Gasteiger partial charge in [0.15, 0.2) is 0 Å². The average molecular weight is 287 g/mol. The summed E-state index contributed by atoms with van der Waals surface area (Å²) >= 11 is 12.1. The van der Waals surface area contributed by atoms with E-state index in [4.69, 9.17) is 23.2 Å². The molecule has 2 rings (SSSR count). The maximum atomic E-state index is 12.3. The topological polar surface area (TPSA) is 41.1 Å². The van der Waals surface area contributed by atoms with Gasteiger partial charge < -0.3 is 10.6 Å². The Labute approximate surface area is 117 Å². The lowest BCUT2D eigenvalue weighted by Gasteiger charge is -2.32. The molecule has 2 N–H and O–H groups in total. The molecule has 0 saturated carbocycles. The fraction of sp³-hybridized carbons (Fsp3) is 0.462. The number of benzene rings is 1. The number of hydrogen-bond acceptors (Lipinski definition) is 2. The zero-order valence-corrected chi connectivity index (χ0v) is 11.7. The van der Waals surface area contributed by atoms with Crippen molar-refractivity contribution in [3.05, 3.63) is 28.2 Å². The molecule has 1 saturated heterocycles. The van der Waals surface area contributed by atoms with Crippen LogP contribution in [0.15, 0.2) is 18.2 Å². The van der Waals surface area contributed by atoms with E-state index in [2.05, 4.69) is 10.6 Å². The van der Waals surface area contributed by atoms with Crippen LogP contribution >= 0.6 is 23.2 Å². The number of amides is 1. The minimum Gasteiger partial charge on any atom is -0.323 e. The van der Waals surface area contributed by atoms with Crippen molar-refractivity contribution in [1.29, 1.82) is 0 Å². The monoisotopic (exact) mass is 286 g/mol. The van der Waals surface area contributed by atoms with Crippen LogP contribution in [0.3, 0.4) is 0 Å². The predicted octanol–water partition coefficient (Wildman–Crippen LogP) is 3.32. The minimum atomic E-state index is -0.402. The van der Waals surface area contributed by atoms with Crippen LogP contribution in [0.5, 0.6) is 0 Å². The van der Waals surface area contributed by atoms with E-state index in [1.165, 1.54) is 0 Å². The van der Waals surface area contributed by atoms with Gasteiger partial charge in [-0.05, 0) is 38.4 Å². The van der Waals surface area contributed by atoms with Gasteiger partial charge in [0.25, 0.3) is 0 Å². The molecule has 3 nitrogen and oxygen atoms in total. The largest absolute Gasteiger partial charge is 0.323 e. The molecule has 0 bridgehead atoms. The van der Waals surface area contributed by atoms with Crippen LogP contribution in [0.1, 0.15) is 19.8 Å². The molecule has 1 fully saturated rings. The second kappa shape index (κ2) is 5.47. The van der Waals surface area contributed by atoms with Crippen LogP contribution in [-0.2, 0) is 4.79 Å². The highest BCUT2D eigenvalue weighted by atomic mass is 35.5. The first-order chi connectivity index (χ1) is 8.53. The molecule has 1 heterocycles. The quantitative estimate of drug-likeness (QED) is 0.876. The standard InChI is InChI=1S/C13H16Cl2N2O/c1-13(6-3-7-16-8-13)12(18)17-11-9(14)4-2-5-10(11)15/h2,4-5,16H,3,6-8H2,1H3,(H,17,18). The van der Waals surface area contributed by atoms with Gasteiger partial charge in [-0.15, -0.1) is 0 Å². The van der Waals surface area contributed by atoms with Crippen molar-refractivity contribution in [2.24, 2.45) is 5.41 Å². The zero-order chi connectivity index (χ0) is 13.2. The summed E-state index contributed by atoms with van der Waals surface area (Å²) in [7, 11) is 0. The summed E-state index contributed by atoms with van der Waals surface area (Å²) in [6.07, 6.45) is 1.87. The van der Waals surface area contributed by atoms with Gasteiger partial charge >= 0.3 is 0 Å². The Morgan fingerprint density at radius 2 is 2.06 bits per heavy atom. The molecule has 1 aliphatic heterocycles. The summed E-state index contributed by atoms with van der Waals surface area (Å²) in [5.74, 6) is -0.0373. The predicted molar refractivity (Wildman–Crippen MR) is 75.3 cm³/mol. The summed E-state index contributed by atoms with van der Waals surface area (Å²) in [6.45, 7) is 3.61. The first-order valence-corrected chi connectivity index (χ1v) is 6.75. The molecule has 0 spiro atoms. The van der Waals surface area contributed by atoms with Gasteiger partial charge in [-0.2, -0.15) is 0 Å². The van der Waals surface area contributed by atoms with E-state index in [1.807, 2.05) is 6.92 Å². The van der Waals surface area contributed by atoms with Crippen molar-refractivity contribution in [2.45, 2.75) is 19.8 Å². The van der Waals surface area contributed by atoms with Crippen LogP contribution < -0.4 is 10.6 Å². The van der Waals surface area contributed by atoms with E-state index in [0.717, 1.165) is 19.4 Å². The maximum Gasteiger partial charge on any atom is 0.231 e.